The Bertz CT molecular complexity index is 958. The van der Waals surface area contributed by atoms with Gasteiger partial charge in [-0.1, -0.05) is 42.6 Å². The van der Waals surface area contributed by atoms with Crippen LogP contribution in [-0.2, 0) is 11.2 Å². The number of fused-ring (bicyclic) bond motifs is 1. The third kappa shape index (κ3) is 3.56. The van der Waals surface area contributed by atoms with E-state index in [9.17, 15) is 4.79 Å². The predicted octanol–water partition coefficient (Wildman–Crippen LogP) is 5.47. The number of carboxylic acid groups (broad SMARTS) is 1. The molecule has 0 saturated heterocycles. The van der Waals surface area contributed by atoms with Gasteiger partial charge in [0.25, 0.3) is 0 Å². The highest BCUT2D eigenvalue weighted by molar-refractivity contribution is 6.32. The Morgan fingerprint density at radius 2 is 2.00 bits per heavy atom. The van der Waals surface area contributed by atoms with Gasteiger partial charge in [-0.2, -0.15) is 0 Å². The van der Waals surface area contributed by atoms with Crippen LogP contribution in [0.4, 0.5) is 5.69 Å². The Kier molecular flexibility index (Phi) is 4.60. The average Bonchev–Trinajstić information content (AvgIpc) is 3.24. The molecule has 0 radical (unpaired) electrons. The molecule has 1 aliphatic carbocycles. The number of aromatic amines is 1. The monoisotopic (exact) mass is 368 g/mol. The molecule has 1 heterocycles. The molecule has 134 valence electrons. The summed E-state index contributed by atoms with van der Waals surface area (Å²) in [6.45, 7) is 0. The topological polar surface area (TPSA) is 65.1 Å². The van der Waals surface area contributed by atoms with Crippen LogP contribution in [0.1, 0.15) is 31.2 Å². The number of hydrogen-bond acceptors (Lipinski definition) is 2. The van der Waals surface area contributed by atoms with Crippen molar-refractivity contribution in [2.45, 2.75) is 38.1 Å². The largest absolute Gasteiger partial charge is 0.481 e. The van der Waals surface area contributed by atoms with Gasteiger partial charge in [-0.3, -0.25) is 4.79 Å². The quantitative estimate of drug-likeness (QED) is 0.559. The van der Waals surface area contributed by atoms with Crippen LogP contribution in [0.2, 0.25) is 5.02 Å². The number of aromatic nitrogens is 1. The highest BCUT2D eigenvalue weighted by Gasteiger charge is 2.17. The molecule has 0 aliphatic heterocycles. The van der Waals surface area contributed by atoms with E-state index in [0.29, 0.717) is 11.1 Å². The van der Waals surface area contributed by atoms with Crippen molar-refractivity contribution in [3.8, 4) is 11.3 Å². The zero-order valence-electron chi connectivity index (χ0n) is 14.4. The lowest BCUT2D eigenvalue weighted by molar-refractivity contribution is -0.136. The summed E-state index contributed by atoms with van der Waals surface area (Å²) in [5.74, 6) is -0.825. The molecular formula is C21H21ClN2O2. The van der Waals surface area contributed by atoms with E-state index in [2.05, 4.69) is 16.4 Å². The molecule has 0 unspecified atom stereocenters. The Labute approximate surface area is 157 Å². The minimum atomic E-state index is -0.825. The van der Waals surface area contributed by atoms with Crippen LogP contribution in [0.25, 0.3) is 22.2 Å². The predicted molar refractivity (Wildman–Crippen MR) is 106 cm³/mol. The minimum absolute atomic E-state index is 0.0222. The zero-order valence-corrected chi connectivity index (χ0v) is 15.1. The van der Waals surface area contributed by atoms with Gasteiger partial charge in [0.1, 0.15) is 0 Å². The van der Waals surface area contributed by atoms with Gasteiger partial charge in [-0.25, -0.2) is 0 Å². The maximum Gasteiger partial charge on any atom is 0.307 e. The normalized spacial score (nSPS) is 14.8. The third-order valence-electron chi connectivity index (χ3n) is 5.00. The van der Waals surface area contributed by atoms with E-state index in [1.807, 2.05) is 36.4 Å². The lowest BCUT2D eigenvalue weighted by Crippen LogP contribution is -2.14. The molecule has 1 aliphatic rings. The van der Waals surface area contributed by atoms with Crippen LogP contribution < -0.4 is 5.32 Å². The van der Waals surface area contributed by atoms with Gasteiger partial charge in [-0.15, -0.1) is 0 Å². The van der Waals surface area contributed by atoms with Crippen LogP contribution in [0, 0.1) is 0 Å². The first kappa shape index (κ1) is 17.0. The summed E-state index contributed by atoms with van der Waals surface area (Å²) in [5, 5.41) is 14.4. The maximum atomic E-state index is 11.0. The van der Waals surface area contributed by atoms with E-state index in [4.69, 9.17) is 16.7 Å². The number of anilines is 1. The number of H-pyrrole nitrogens is 1. The molecule has 0 amide bonds. The molecule has 1 aromatic heterocycles. The third-order valence-corrected chi connectivity index (χ3v) is 5.22. The van der Waals surface area contributed by atoms with Crippen molar-refractivity contribution in [2.24, 2.45) is 0 Å². The Balaban J connectivity index is 1.72. The van der Waals surface area contributed by atoms with E-state index in [-0.39, 0.29) is 6.42 Å². The Hall–Kier alpha value is -2.46. The fraction of sp³-hybridized carbons (Fsp3) is 0.286. The van der Waals surface area contributed by atoms with Crippen LogP contribution in [0.5, 0.6) is 0 Å². The van der Waals surface area contributed by atoms with Gasteiger partial charge < -0.3 is 15.4 Å². The second-order valence-corrected chi connectivity index (χ2v) is 7.43. The van der Waals surface area contributed by atoms with E-state index in [1.165, 1.54) is 25.7 Å². The number of carbonyl (C=O) groups is 1. The smallest absolute Gasteiger partial charge is 0.307 e. The molecule has 4 nitrogen and oxygen atoms in total. The minimum Gasteiger partial charge on any atom is -0.481 e. The SMILES string of the molecule is O=C(O)Cc1cccc(-c2cc3cc(Cl)cc(NC4CCCC4)c3[nH]2)c1. The van der Waals surface area contributed by atoms with Crippen molar-refractivity contribution in [3.05, 3.63) is 53.1 Å². The number of rotatable bonds is 5. The second kappa shape index (κ2) is 7.04. The lowest BCUT2D eigenvalue weighted by Gasteiger charge is -2.14. The molecule has 3 aromatic rings. The summed E-state index contributed by atoms with van der Waals surface area (Å²) in [7, 11) is 0. The molecule has 1 saturated carbocycles. The van der Waals surface area contributed by atoms with E-state index >= 15 is 0 Å². The molecule has 2 aromatic carbocycles. The first-order valence-corrected chi connectivity index (χ1v) is 9.36. The number of carboxylic acids is 1. The molecular weight excluding hydrogens is 348 g/mol. The van der Waals surface area contributed by atoms with Crippen molar-refractivity contribution < 1.29 is 9.90 Å². The molecule has 0 bridgehead atoms. The van der Waals surface area contributed by atoms with Crippen molar-refractivity contribution in [1.29, 1.82) is 0 Å². The van der Waals surface area contributed by atoms with Crippen molar-refractivity contribution >= 4 is 34.2 Å². The van der Waals surface area contributed by atoms with Crippen molar-refractivity contribution in [3.63, 3.8) is 0 Å². The summed E-state index contributed by atoms with van der Waals surface area (Å²) in [6, 6.07) is 14.1. The summed E-state index contributed by atoms with van der Waals surface area (Å²) in [6.07, 6.45) is 4.95. The molecule has 4 rings (SSSR count). The first-order chi connectivity index (χ1) is 12.6. The highest BCUT2D eigenvalue weighted by Crippen LogP contribution is 2.34. The van der Waals surface area contributed by atoms with Gasteiger partial charge >= 0.3 is 5.97 Å². The van der Waals surface area contributed by atoms with Crippen LogP contribution in [0.3, 0.4) is 0 Å². The van der Waals surface area contributed by atoms with Gasteiger partial charge in [0.05, 0.1) is 17.6 Å². The van der Waals surface area contributed by atoms with E-state index in [1.54, 1.807) is 0 Å². The number of halogens is 1. The van der Waals surface area contributed by atoms with Crippen LogP contribution in [0.15, 0.2) is 42.5 Å². The number of hydrogen-bond donors (Lipinski definition) is 3. The summed E-state index contributed by atoms with van der Waals surface area (Å²) in [5.41, 5.74) is 4.80. The number of nitrogens with one attached hydrogen (secondary N) is 2. The fourth-order valence-corrected chi connectivity index (χ4v) is 4.02. The highest BCUT2D eigenvalue weighted by atomic mass is 35.5. The summed E-state index contributed by atoms with van der Waals surface area (Å²) in [4.78, 5) is 14.5. The molecule has 1 fully saturated rings. The Morgan fingerprint density at radius 3 is 2.77 bits per heavy atom. The van der Waals surface area contributed by atoms with Crippen LogP contribution in [-0.4, -0.2) is 22.1 Å². The van der Waals surface area contributed by atoms with E-state index in [0.717, 1.165) is 33.4 Å². The van der Waals surface area contributed by atoms with Gasteiger partial charge in [-0.05, 0) is 48.2 Å². The standard InChI is InChI=1S/C21H21ClN2O2/c22-16-10-15-11-18(14-5-3-4-13(8-14)9-20(25)26)24-21(15)19(12-16)23-17-6-1-2-7-17/h3-5,8,10-12,17,23-24H,1-2,6-7,9H2,(H,25,26). The molecule has 26 heavy (non-hydrogen) atoms. The van der Waals surface area contributed by atoms with Crippen molar-refractivity contribution in [2.75, 3.05) is 5.32 Å². The second-order valence-electron chi connectivity index (χ2n) is 7.00. The van der Waals surface area contributed by atoms with Gasteiger partial charge in [0.2, 0.25) is 0 Å². The number of aliphatic carboxylic acids is 1. The number of benzene rings is 2. The molecule has 5 heteroatoms. The first-order valence-electron chi connectivity index (χ1n) is 8.98. The maximum absolute atomic E-state index is 11.0. The summed E-state index contributed by atoms with van der Waals surface area (Å²) < 4.78 is 0. The van der Waals surface area contributed by atoms with Crippen molar-refractivity contribution in [1.82, 2.24) is 4.98 Å². The molecule has 3 N–H and O–H groups in total. The molecule has 0 spiro atoms. The molecule has 0 atom stereocenters. The Morgan fingerprint density at radius 1 is 1.19 bits per heavy atom. The average molecular weight is 369 g/mol. The zero-order chi connectivity index (χ0) is 18.1. The lowest BCUT2D eigenvalue weighted by atomic mass is 10.1. The van der Waals surface area contributed by atoms with Crippen LogP contribution >= 0.6 is 11.6 Å². The summed E-state index contributed by atoms with van der Waals surface area (Å²) >= 11 is 6.33. The van der Waals surface area contributed by atoms with E-state index < -0.39 is 5.97 Å². The van der Waals surface area contributed by atoms with Gasteiger partial charge in [0.15, 0.2) is 0 Å². The fourth-order valence-electron chi connectivity index (χ4n) is 3.79. The van der Waals surface area contributed by atoms with Gasteiger partial charge in [0, 0.05) is 22.1 Å².